The molecule has 8 rings (SSSR count). The first-order valence-corrected chi connectivity index (χ1v) is 19.9. The van der Waals surface area contributed by atoms with Crippen molar-refractivity contribution in [3.05, 3.63) is 0 Å². The first-order chi connectivity index (χ1) is 20.9. The van der Waals surface area contributed by atoms with Gasteiger partial charge in [-0.1, -0.05) is 38.5 Å². The molecule has 0 amide bonds. The normalized spacial score (nSPS) is 49.9. The monoisotopic (exact) mass is 614 g/mol. The molecule has 8 saturated carbocycles. The van der Waals surface area contributed by atoms with Crippen LogP contribution in [0.4, 0.5) is 0 Å². The smallest absolute Gasteiger partial charge is 0.296 e. The quantitative estimate of drug-likeness (QED) is 0.327. The summed E-state index contributed by atoms with van der Waals surface area (Å²) in [6.45, 7) is 0. The third-order valence-corrected chi connectivity index (χ3v) is 15.9. The van der Waals surface area contributed by atoms with Crippen LogP contribution in [0.1, 0.15) is 128 Å². The number of Topliss-reactive ketones (excluding diaryl/α,β-unsaturated/α-hetero) is 2. The average Bonchev–Trinajstić information content (AvgIpc) is 3.03. The van der Waals surface area contributed by atoms with Gasteiger partial charge < -0.3 is 0 Å². The summed E-state index contributed by atoms with van der Waals surface area (Å²) in [5.74, 6) is 6.76. The Morgan fingerprint density at radius 3 is 1.23 bits per heavy atom. The lowest BCUT2D eigenvalue weighted by Crippen LogP contribution is -2.52. The minimum absolute atomic E-state index is 0.0284. The number of fused-ring (bicyclic) bond motifs is 10. The second kappa shape index (κ2) is 11.8. The van der Waals surface area contributed by atoms with Crippen molar-refractivity contribution in [3.8, 4) is 0 Å². The highest BCUT2D eigenvalue weighted by molar-refractivity contribution is 7.82. The van der Waals surface area contributed by atoms with Gasteiger partial charge in [0.15, 0.2) is 11.6 Å². The Morgan fingerprint density at radius 2 is 0.767 bits per heavy atom. The number of carbonyl (C=O) groups excluding carboxylic acids is 2. The van der Waals surface area contributed by atoms with Gasteiger partial charge in [0, 0.05) is 11.8 Å². The first kappa shape index (κ1) is 29.6. The van der Waals surface area contributed by atoms with Crippen molar-refractivity contribution in [2.45, 2.75) is 141 Å². The van der Waals surface area contributed by atoms with Crippen LogP contribution in [0.15, 0.2) is 0 Å². The molecule has 43 heavy (non-hydrogen) atoms. The Balaban J connectivity index is 0.882. The molecule has 8 aliphatic carbocycles. The summed E-state index contributed by atoms with van der Waals surface area (Å²) in [6.07, 6.45) is 20.8. The summed E-state index contributed by atoms with van der Waals surface area (Å²) >= 11 is 0. The van der Waals surface area contributed by atoms with Crippen molar-refractivity contribution in [2.75, 3.05) is 0 Å². The van der Waals surface area contributed by atoms with E-state index < -0.39 is 22.6 Å². The summed E-state index contributed by atoms with van der Waals surface area (Å²) in [7, 11) is -4.44. The molecule has 8 fully saturated rings. The SMILES string of the molecule is O=C1C(OS(=O)(=O)OC2CCC3C(CCC4C5CCCCC5CCC34)C2=O)CCC2C1CCC1C3CCCCC3CCC21. The minimum Gasteiger partial charge on any atom is -0.296 e. The Labute approximate surface area is 259 Å². The fraction of sp³-hybridized carbons (Fsp3) is 0.944. The molecule has 240 valence electrons. The zero-order valence-electron chi connectivity index (χ0n) is 26.1. The maximum atomic E-state index is 13.7. The maximum Gasteiger partial charge on any atom is 0.401 e. The lowest BCUT2D eigenvalue weighted by molar-refractivity contribution is -0.145. The van der Waals surface area contributed by atoms with Crippen LogP contribution in [0, 0.1) is 71.0 Å². The van der Waals surface area contributed by atoms with Crippen LogP contribution in [-0.4, -0.2) is 32.2 Å². The molecule has 0 spiro atoms. The highest BCUT2D eigenvalue weighted by Gasteiger charge is 2.54. The van der Waals surface area contributed by atoms with Gasteiger partial charge in [-0.25, -0.2) is 8.37 Å². The number of carbonyl (C=O) groups is 2. The highest BCUT2D eigenvalue weighted by atomic mass is 32.3. The van der Waals surface area contributed by atoms with Gasteiger partial charge in [-0.3, -0.25) is 9.59 Å². The van der Waals surface area contributed by atoms with Gasteiger partial charge in [0.25, 0.3) is 0 Å². The highest BCUT2D eigenvalue weighted by Crippen LogP contribution is 2.58. The molecule has 0 heterocycles. The maximum absolute atomic E-state index is 13.7. The second-order valence-corrected chi connectivity index (χ2v) is 17.7. The van der Waals surface area contributed by atoms with Crippen LogP contribution < -0.4 is 0 Å². The Kier molecular flexibility index (Phi) is 8.11. The molecule has 0 aliphatic heterocycles. The van der Waals surface area contributed by atoms with Crippen LogP contribution in [-0.2, 0) is 28.4 Å². The summed E-state index contributed by atoms with van der Waals surface area (Å²) in [5.41, 5.74) is 0. The first-order valence-electron chi connectivity index (χ1n) is 18.6. The molecule has 0 aromatic heterocycles. The molecule has 0 aromatic carbocycles. The summed E-state index contributed by atoms with van der Waals surface area (Å²) in [4.78, 5) is 27.3. The molecule has 14 atom stereocenters. The van der Waals surface area contributed by atoms with Gasteiger partial charge >= 0.3 is 10.4 Å². The van der Waals surface area contributed by atoms with E-state index in [1.165, 1.54) is 77.0 Å². The lowest BCUT2D eigenvalue weighted by atomic mass is 9.51. The fourth-order valence-electron chi connectivity index (χ4n) is 13.4. The van der Waals surface area contributed by atoms with Gasteiger partial charge in [0.2, 0.25) is 0 Å². The van der Waals surface area contributed by atoms with E-state index in [9.17, 15) is 18.0 Å². The van der Waals surface area contributed by atoms with Gasteiger partial charge in [-0.15, -0.1) is 0 Å². The molecule has 14 unspecified atom stereocenters. The van der Waals surface area contributed by atoms with Crippen molar-refractivity contribution >= 4 is 22.0 Å². The number of rotatable bonds is 4. The van der Waals surface area contributed by atoms with E-state index >= 15 is 0 Å². The van der Waals surface area contributed by atoms with E-state index in [4.69, 9.17) is 8.37 Å². The van der Waals surface area contributed by atoms with E-state index in [1.807, 2.05) is 0 Å². The fourth-order valence-corrected chi connectivity index (χ4v) is 14.4. The third kappa shape index (κ3) is 5.31. The van der Waals surface area contributed by atoms with Crippen LogP contribution in [0.3, 0.4) is 0 Å². The minimum atomic E-state index is -4.44. The third-order valence-electron chi connectivity index (χ3n) is 15.0. The molecule has 0 bridgehead atoms. The van der Waals surface area contributed by atoms with Gasteiger partial charge in [0.1, 0.15) is 12.2 Å². The van der Waals surface area contributed by atoms with E-state index in [1.54, 1.807) is 0 Å². The zero-order chi connectivity index (χ0) is 29.3. The number of hydrogen-bond donors (Lipinski definition) is 0. The average molecular weight is 615 g/mol. The van der Waals surface area contributed by atoms with E-state index in [2.05, 4.69) is 0 Å². The van der Waals surface area contributed by atoms with Crippen molar-refractivity contribution in [2.24, 2.45) is 71.0 Å². The summed E-state index contributed by atoms with van der Waals surface area (Å²) in [6, 6.07) is 0. The van der Waals surface area contributed by atoms with E-state index in [0.717, 1.165) is 74.0 Å². The predicted molar refractivity (Wildman–Crippen MR) is 163 cm³/mol. The number of ketones is 2. The van der Waals surface area contributed by atoms with Crippen LogP contribution >= 0.6 is 0 Å². The summed E-state index contributed by atoms with van der Waals surface area (Å²) in [5, 5.41) is 0. The standard InChI is InChI=1S/C36H54O6S/c37-35-31-15-13-25-23-7-3-1-5-21(23)9-11-27(25)29(31)17-19-33(35)41-43(39,40)42-34-20-18-30-28-12-10-22-6-2-4-8-24(22)26(28)14-16-32(30)36(34)38/h21-34H,1-20H2. The van der Waals surface area contributed by atoms with Crippen molar-refractivity contribution in [1.82, 2.24) is 0 Å². The van der Waals surface area contributed by atoms with Gasteiger partial charge in [-0.05, 0) is 149 Å². The largest absolute Gasteiger partial charge is 0.401 e. The van der Waals surface area contributed by atoms with Crippen molar-refractivity contribution < 1.29 is 26.4 Å². The number of hydrogen-bond acceptors (Lipinski definition) is 6. The molecular formula is C36H54O6S. The molecule has 7 heteroatoms. The van der Waals surface area contributed by atoms with Crippen LogP contribution in [0.5, 0.6) is 0 Å². The lowest BCUT2D eigenvalue weighted by Gasteiger charge is -2.54. The summed E-state index contributed by atoms with van der Waals surface area (Å²) < 4.78 is 37.5. The van der Waals surface area contributed by atoms with E-state index in [-0.39, 0.29) is 23.4 Å². The van der Waals surface area contributed by atoms with Crippen LogP contribution in [0.25, 0.3) is 0 Å². The van der Waals surface area contributed by atoms with E-state index in [0.29, 0.717) is 36.5 Å². The predicted octanol–water partition coefficient (Wildman–Crippen LogP) is 7.45. The molecule has 0 saturated heterocycles. The van der Waals surface area contributed by atoms with Gasteiger partial charge in [-0.2, -0.15) is 8.42 Å². The second-order valence-electron chi connectivity index (χ2n) is 16.5. The molecule has 8 aliphatic rings. The molecule has 0 aromatic rings. The zero-order valence-corrected chi connectivity index (χ0v) is 26.9. The topological polar surface area (TPSA) is 86.7 Å². The molecule has 0 N–H and O–H groups in total. The Morgan fingerprint density at radius 1 is 0.395 bits per heavy atom. The van der Waals surface area contributed by atoms with Crippen molar-refractivity contribution in [1.29, 1.82) is 0 Å². The molecular weight excluding hydrogens is 560 g/mol. The molecule has 6 nitrogen and oxygen atoms in total. The van der Waals surface area contributed by atoms with Gasteiger partial charge in [0.05, 0.1) is 0 Å². The van der Waals surface area contributed by atoms with Crippen molar-refractivity contribution in [3.63, 3.8) is 0 Å². The Bertz CT molecular complexity index is 1100. The Hall–Kier alpha value is -0.790. The van der Waals surface area contributed by atoms with Crippen LogP contribution in [0.2, 0.25) is 0 Å². The molecule has 0 radical (unpaired) electrons.